The van der Waals surface area contributed by atoms with Crippen molar-refractivity contribution in [3.05, 3.63) is 23.4 Å². The first-order valence-corrected chi connectivity index (χ1v) is 6.30. The number of carboxylic acid groups (broad SMARTS) is 1. The highest BCUT2D eigenvalue weighted by Gasteiger charge is 2.18. The van der Waals surface area contributed by atoms with Gasteiger partial charge in [0.25, 0.3) is 0 Å². The number of anilines is 1. The molecule has 98 valence electrons. The molecule has 0 saturated carbocycles. The molecule has 5 nitrogen and oxygen atoms in total. The predicted octanol–water partition coefficient (Wildman–Crippen LogP) is 1.23. The van der Waals surface area contributed by atoms with Gasteiger partial charge in [-0.15, -0.1) is 0 Å². The minimum atomic E-state index is -0.914. The number of hydrogen-bond acceptors (Lipinski definition) is 4. The summed E-state index contributed by atoms with van der Waals surface area (Å²) in [4.78, 5) is 19.9. The van der Waals surface area contributed by atoms with E-state index in [1.54, 1.807) is 19.1 Å². The van der Waals surface area contributed by atoms with Crippen molar-refractivity contribution in [3.8, 4) is 0 Å². The Labute approximate surface area is 107 Å². The quantitative estimate of drug-likeness (QED) is 0.873. The Kier molecular flexibility index (Phi) is 3.81. The van der Waals surface area contributed by atoms with Crippen LogP contribution in [0.3, 0.4) is 0 Å². The Hall–Kier alpha value is -1.62. The van der Waals surface area contributed by atoms with Gasteiger partial charge >= 0.3 is 5.97 Å². The zero-order chi connectivity index (χ0) is 13.1. The van der Waals surface area contributed by atoms with Gasteiger partial charge in [-0.1, -0.05) is 6.92 Å². The maximum Gasteiger partial charge on any atom is 0.337 e. The fourth-order valence-electron chi connectivity index (χ4n) is 2.24. The Morgan fingerprint density at radius 1 is 1.33 bits per heavy atom. The van der Waals surface area contributed by atoms with Crippen LogP contribution >= 0.6 is 0 Å². The van der Waals surface area contributed by atoms with Crippen LogP contribution in [0, 0.1) is 6.92 Å². The van der Waals surface area contributed by atoms with Gasteiger partial charge in [0.15, 0.2) is 0 Å². The van der Waals surface area contributed by atoms with Crippen molar-refractivity contribution in [2.75, 3.05) is 37.6 Å². The molecule has 0 amide bonds. The number of carbonyl (C=O) groups is 1. The standard InChI is InChI=1S/C13H19N3O2/c1-3-15-6-8-16(9-7-15)12-5-4-11(13(17)18)10(2)14-12/h4-5H,3,6-9H2,1-2H3,(H,17,18). The smallest absolute Gasteiger partial charge is 0.337 e. The van der Waals surface area contributed by atoms with E-state index in [2.05, 4.69) is 21.7 Å². The average molecular weight is 249 g/mol. The lowest BCUT2D eigenvalue weighted by Crippen LogP contribution is -2.46. The summed E-state index contributed by atoms with van der Waals surface area (Å²) < 4.78 is 0. The van der Waals surface area contributed by atoms with E-state index in [-0.39, 0.29) is 5.56 Å². The third-order valence-corrected chi connectivity index (χ3v) is 3.45. The Morgan fingerprint density at radius 2 is 2.00 bits per heavy atom. The molecular weight excluding hydrogens is 230 g/mol. The number of aromatic carboxylic acids is 1. The summed E-state index contributed by atoms with van der Waals surface area (Å²) in [6.45, 7) is 8.97. The molecule has 1 aromatic heterocycles. The number of aromatic nitrogens is 1. The van der Waals surface area contributed by atoms with Crippen LogP contribution in [0.2, 0.25) is 0 Å². The van der Waals surface area contributed by atoms with Crippen LogP contribution in [0.4, 0.5) is 5.82 Å². The molecule has 0 unspecified atom stereocenters. The molecule has 2 rings (SSSR count). The van der Waals surface area contributed by atoms with Crippen molar-refractivity contribution < 1.29 is 9.90 Å². The van der Waals surface area contributed by atoms with Crippen LogP contribution < -0.4 is 4.90 Å². The van der Waals surface area contributed by atoms with Gasteiger partial charge in [0.2, 0.25) is 0 Å². The Morgan fingerprint density at radius 3 is 2.50 bits per heavy atom. The maximum absolute atomic E-state index is 10.9. The van der Waals surface area contributed by atoms with Gasteiger partial charge in [0, 0.05) is 26.2 Å². The highest BCUT2D eigenvalue weighted by Crippen LogP contribution is 2.16. The lowest BCUT2D eigenvalue weighted by Gasteiger charge is -2.34. The van der Waals surface area contributed by atoms with E-state index in [1.807, 2.05) is 0 Å². The summed E-state index contributed by atoms with van der Waals surface area (Å²) in [6.07, 6.45) is 0. The predicted molar refractivity (Wildman–Crippen MR) is 70.3 cm³/mol. The van der Waals surface area contributed by atoms with Crippen molar-refractivity contribution in [2.45, 2.75) is 13.8 Å². The van der Waals surface area contributed by atoms with Crippen LogP contribution in [0.25, 0.3) is 0 Å². The van der Waals surface area contributed by atoms with Gasteiger partial charge in [-0.05, 0) is 25.6 Å². The Bertz CT molecular complexity index is 440. The number of likely N-dealkylation sites (N-methyl/N-ethyl adjacent to an activating group) is 1. The lowest BCUT2D eigenvalue weighted by atomic mass is 10.2. The summed E-state index contributed by atoms with van der Waals surface area (Å²) >= 11 is 0. The first-order chi connectivity index (χ1) is 8.61. The van der Waals surface area contributed by atoms with Crippen molar-refractivity contribution in [2.24, 2.45) is 0 Å². The van der Waals surface area contributed by atoms with Gasteiger partial charge in [0.1, 0.15) is 5.82 Å². The van der Waals surface area contributed by atoms with Crippen LogP contribution in [0.1, 0.15) is 23.0 Å². The fourth-order valence-corrected chi connectivity index (χ4v) is 2.24. The minimum Gasteiger partial charge on any atom is -0.478 e. The third-order valence-electron chi connectivity index (χ3n) is 3.45. The first kappa shape index (κ1) is 12.8. The number of hydrogen-bond donors (Lipinski definition) is 1. The zero-order valence-electron chi connectivity index (χ0n) is 10.9. The number of rotatable bonds is 3. The monoisotopic (exact) mass is 249 g/mol. The minimum absolute atomic E-state index is 0.283. The SMILES string of the molecule is CCN1CCN(c2ccc(C(=O)O)c(C)n2)CC1. The molecule has 0 aromatic carbocycles. The summed E-state index contributed by atoms with van der Waals surface area (Å²) in [6, 6.07) is 3.45. The molecule has 0 spiro atoms. The molecule has 0 atom stereocenters. The van der Waals surface area contributed by atoms with E-state index in [9.17, 15) is 4.79 Å². The molecule has 18 heavy (non-hydrogen) atoms. The number of pyridine rings is 1. The van der Waals surface area contributed by atoms with Crippen molar-refractivity contribution in [3.63, 3.8) is 0 Å². The fraction of sp³-hybridized carbons (Fsp3) is 0.538. The summed E-state index contributed by atoms with van der Waals surface area (Å²) in [7, 11) is 0. The van der Waals surface area contributed by atoms with Crippen molar-refractivity contribution in [1.29, 1.82) is 0 Å². The molecule has 0 bridgehead atoms. The average Bonchev–Trinajstić information content (AvgIpc) is 2.38. The number of piperazine rings is 1. The summed E-state index contributed by atoms with van der Waals surface area (Å²) in [5, 5.41) is 8.97. The van der Waals surface area contributed by atoms with E-state index in [1.165, 1.54) is 0 Å². The van der Waals surface area contributed by atoms with E-state index < -0.39 is 5.97 Å². The van der Waals surface area contributed by atoms with E-state index in [4.69, 9.17) is 5.11 Å². The van der Waals surface area contributed by atoms with E-state index >= 15 is 0 Å². The number of nitrogens with zero attached hydrogens (tertiary/aromatic N) is 3. The topological polar surface area (TPSA) is 56.7 Å². The lowest BCUT2D eigenvalue weighted by molar-refractivity contribution is 0.0695. The molecular formula is C13H19N3O2. The second kappa shape index (κ2) is 5.35. The molecule has 1 N–H and O–H groups in total. The molecule has 1 aliphatic heterocycles. The molecule has 0 radical (unpaired) electrons. The van der Waals surface area contributed by atoms with Gasteiger partial charge < -0.3 is 14.9 Å². The maximum atomic E-state index is 10.9. The van der Waals surface area contributed by atoms with Crippen molar-refractivity contribution >= 4 is 11.8 Å². The molecule has 2 heterocycles. The number of aryl methyl sites for hydroxylation is 1. The second-order valence-electron chi connectivity index (χ2n) is 4.53. The molecule has 0 aliphatic carbocycles. The second-order valence-corrected chi connectivity index (χ2v) is 4.53. The molecule has 1 aliphatic rings. The Balaban J connectivity index is 2.11. The van der Waals surface area contributed by atoms with E-state index in [0.717, 1.165) is 38.5 Å². The van der Waals surface area contributed by atoms with Gasteiger partial charge in [0.05, 0.1) is 11.3 Å². The van der Waals surface area contributed by atoms with Crippen LogP contribution in [0.15, 0.2) is 12.1 Å². The normalized spacial score (nSPS) is 16.9. The molecule has 1 aromatic rings. The molecule has 1 fully saturated rings. The number of carboxylic acids is 1. The summed E-state index contributed by atoms with van der Waals surface area (Å²) in [5.41, 5.74) is 0.865. The highest BCUT2D eigenvalue weighted by atomic mass is 16.4. The molecule has 5 heteroatoms. The molecule has 1 saturated heterocycles. The third kappa shape index (κ3) is 2.61. The van der Waals surface area contributed by atoms with Crippen LogP contribution in [0.5, 0.6) is 0 Å². The largest absolute Gasteiger partial charge is 0.478 e. The van der Waals surface area contributed by atoms with Crippen LogP contribution in [-0.4, -0.2) is 53.7 Å². The van der Waals surface area contributed by atoms with Gasteiger partial charge in [-0.25, -0.2) is 9.78 Å². The van der Waals surface area contributed by atoms with Crippen LogP contribution in [-0.2, 0) is 0 Å². The highest BCUT2D eigenvalue weighted by molar-refractivity contribution is 5.89. The van der Waals surface area contributed by atoms with E-state index in [0.29, 0.717) is 5.69 Å². The summed E-state index contributed by atoms with van der Waals surface area (Å²) in [5.74, 6) is -0.0318. The van der Waals surface area contributed by atoms with Gasteiger partial charge in [-0.2, -0.15) is 0 Å². The van der Waals surface area contributed by atoms with Gasteiger partial charge in [-0.3, -0.25) is 0 Å². The van der Waals surface area contributed by atoms with Crippen molar-refractivity contribution in [1.82, 2.24) is 9.88 Å². The zero-order valence-corrected chi connectivity index (χ0v) is 10.9. The first-order valence-electron chi connectivity index (χ1n) is 6.30.